The second kappa shape index (κ2) is 5.93. The van der Waals surface area contributed by atoms with Crippen molar-refractivity contribution >= 4 is 11.6 Å². The van der Waals surface area contributed by atoms with Crippen molar-refractivity contribution in [3.8, 4) is 17.3 Å². The zero-order valence-corrected chi connectivity index (χ0v) is 12.9. The molecule has 0 saturated heterocycles. The molecule has 0 aliphatic heterocycles. The van der Waals surface area contributed by atoms with Crippen molar-refractivity contribution in [2.75, 3.05) is 0 Å². The fourth-order valence-corrected chi connectivity index (χ4v) is 2.36. The summed E-state index contributed by atoms with van der Waals surface area (Å²) in [6.45, 7) is 3.85. The minimum absolute atomic E-state index is 0.0882. The summed E-state index contributed by atoms with van der Waals surface area (Å²) in [6, 6.07) is 13.1. The van der Waals surface area contributed by atoms with Crippen LogP contribution in [-0.4, -0.2) is 21.3 Å². The summed E-state index contributed by atoms with van der Waals surface area (Å²) in [5, 5.41) is 11.9. The first-order valence-corrected chi connectivity index (χ1v) is 7.37. The number of carbonyl (C=O) groups is 1. The maximum absolute atomic E-state index is 12.1. The lowest BCUT2D eigenvalue weighted by molar-refractivity contribution is 0.0942. The molecule has 5 nitrogen and oxygen atoms in total. The lowest BCUT2D eigenvalue weighted by Crippen LogP contribution is -2.30. The van der Waals surface area contributed by atoms with Crippen LogP contribution in [0.3, 0.4) is 0 Å². The second-order valence-corrected chi connectivity index (χ2v) is 5.63. The van der Waals surface area contributed by atoms with E-state index in [1.807, 2.05) is 42.6 Å². The molecule has 0 saturated carbocycles. The lowest BCUT2D eigenvalue weighted by Gasteiger charge is -2.08. The molecule has 0 aliphatic rings. The van der Waals surface area contributed by atoms with Gasteiger partial charge in [-0.25, -0.2) is 4.98 Å². The molecule has 2 heterocycles. The van der Waals surface area contributed by atoms with Crippen LogP contribution in [0.15, 0.2) is 48.8 Å². The fourth-order valence-electron chi connectivity index (χ4n) is 2.36. The maximum atomic E-state index is 12.1. The number of hydrogen-bond donors (Lipinski definition) is 1. The minimum atomic E-state index is -0.108. The second-order valence-electron chi connectivity index (χ2n) is 5.63. The Morgan fingerprint density at radius 3 is 2.83 bits per heavy atom. The van der Waals surface area contributed by atoms with Crippen LogP contribution in [0.2, 0.25) is 0 Å². The van der Waals surface area contributed by atoms with E-state index in [0.29, 0.717) is 11.1 Å². The Balaban J connectivity index is 1.99. The van der Waals surface area contributed by atoms with E-state index in [9.17, 15) is 4.79 Å². The molecule has 1 aromatic carbocycles. The van der Waals surface area contributed by atoms with Crippen molar-refractivity contribution in [2.24, 2.45) is 0 Å². The number of amides is 1. The van der Waals surface area contributed by atoms with Gasteiger partial charge in [-0.1, -0.05) is 12.1 Å². The summed E-state index contributed by atoms with van der Waals surface area (Å²) < 4.78 is 1.82. The number of hydrogen-bond acceptors (Lipinski definition) is 3. The number of nitrogens with zero attached hydrogens (tertiary/aromatic N) is 3. The van der Waals surface area contributed by atoms with E-state index < -0.39 is 0 Å². The number of nitrogens with one attached hydrogen (secondary N) is 1. The first kappa shape index (κ1) is 14.8. The number of nitriles is 1. The van der Waals surface area contributed by atoms with Gasteiger partial charge in [-0.15, -0.1) is 0 Å². The highest BCUT2D eigenvalue weighted by molar-refractivity contribution is 5.94. The largest absolute Gasteiger partial charge is 0.350 e. The third-order valence-electron chi connectivity index (χ3n) is 3.42. The predicted molar refractivity (Wildman–Crippen MR) is 87.9 cm³/mol. The fraction of sp³-hybridized carbons (Fsp3) is 0.167. The van der Waals surface area contributed by atoms with Crippen molar-refractivity contribution in [1.29, 1.82) is 5.26 Å². The third kappa shape index (κ3) is 3.06. The van der Waals surface area contributed by atoms with Crippen molar-refractivity contribution in [1.82, 2.24) is 14.7 Å². The number of benzene rings is 1. The summed E-state index contributed by atoms with van der Waals surface area (Å²) in [6.07, 6.45) is 3.62. The highest BCUT2D eigenvalue weighted by Crippen LogP contribution is 2.20. The summed E-state index contributed by atoms with van der Waals surface area (Å²) in [5.74, 6) is -0.108. The molecule has 0 atom stereocenters. The molecule has 5 heteroatoms. The molecule has 0 spiro atoms. The molecule has 0 fully saturated rings. The molecule has 0 unspecified atom stereocenters. The Morgan fingerprint density at radius 1 is 1.26 bits per heavy atom. The van der Waals surface area contributed by atoms with Crippen LogP contribution in [0.5, 0.6) is 0 Å². The van der Waals surface area contributed by atoms with Crippen molar-refractivity contribution in [3.63, 3.8) is 0 Å². The van der Waals surface area contributed by atoms with Crippen LogP contribution in [0.1, 0.15) is 29.8 Å². The van der Waals surface area contributed by atoms with E-state index in [1.54, 1.807) is 24.4 Å². The monoisotopic (exact) mass is 304 g/mol. The first-order valence-electron chi connectivity index (χ1n) is 7.37. The van der Waals surface area contributed by atoms with Gasteiger partial charge in [0.15, 0.2) is 0 Å². The summed E-state index contributed by atoms with van der Waals surface area (Å²) in [7, 11) is 0. The predicted octanol–water partition coefficient (Wildman–Crippen LogP) is 3.01. The van der Waals surface area contributed by atoms with Crippen LogP contribution in [0.4, 0.5) is 0 Å². The van der Waals surface area contributed by atoms with Gasteiger partial charge in [-0.2, -0.15) is 5.26 Å². The molecule has 0 radical (unpaired) electrons. The third-order valence-corrected chi connectivity index (χ3v) is 3.42. The number of imidazole rings is 1. The molecule has 23 heavy (non-hydrogen) atoms. The van der Waals surface area contributed by atoms with E-state index in [4.69, 9.17) is 5.26 Å². The SMILES string of the molecule is CC(C)NC(=O)c1ccc2nc(-c3cccc(C#N)c3)cn2c1. The molecule has 0 bridgehead atoms. The Labute approximate surface area is 134 Å². The molecule has 2 aromatic heterocycles. The minimum Gasteiger partial charge on any atom is -0.350 e. The van der Waals surface area contributed by atoms with Crippen LogP contribution >= 0.6 is 0 Å². The van der Waals surface area contributed by atoms with Gasteiger partial charge in [-0.05, 0) is 38.1 Å². The molecule has 3 aromatic rings. The summed E-state index contributed by atoms with van der Waals surface area (Å²) in [5.41, 5.74) is 3.57. The highest BCUT2D eigenvalue weighted by Gasteiger charge is 2.10. The van der Waals surface area contributed by atoms with E-state index in [-0.39, 0.29) is 11.9 Å². The van der Waals surface area contributed by atoms with E-state index in [0.717, 1.165) is 16.9 Å². The zero-order chi connectivity index (χ0) is 16.4. The van der Waals surface area contributed by atoms with Crippen LogP contribution < -0.4 is 5.32 Å². The number of carbonyl (C=O) groups excluding carboxylic acids is 1. The van der Waals surface area contributed by atoms with E-state index in [2.05, 4.69) is 16.4 Å². The van der Waals surface area contributed by atoms with Gasteiger partial charge in [0.25, 0.3) is 5.91 Å². The van der Waals surface area contributed by atoms with E-state index in [1.165, 1.54) is 0 Å². The van der Waals surface area contributed by atoms with Gasteiger partial charge in [-0.3, -0.25) is 4.79 Å². The standard InChI is InChI=1S/C18H16N4O/c1-12(2)20-18(23)15-6-7-17-21-16(11-22(17)10-15)14-5-3-4-13(8-14)9-19/h3-8,10-12H,1-2H3,(H,20,23). The van der Waals surface area contributed by atoms with Crippen LogP contribution in [0.25, 0.3) is 16.9 Å². The number of fused-ring (bicyclic) bond motifs is 1. The van der Waals surface area contributed by atoms with E-state index >= 15 is 0 Å². The quantitative estimate of drug-likeness (QED) is 0.808. The van der Waals surface area contributed by atoms with Crippen molar-refractivity contribution in [3.05, 3.63) is 59.9 Å². The number of aromatic nitrogens is 2. The van der Waals surface area contributed by atoms with Gasteiger partial charge in [0.1, 0.15) is 5.65 Å². The van der Waals surface area contributed by atoms with Crippen molar-refractivity contribution < 1.29 is 4.79 Å². The van der Waals surface area contributed by atoms with Crippen LogP contribution in [-0.2, 0) is 0 Å². The molecule has 1 amide bonds. The average molecular weight is 304 g/mol. The molecule has 0 aliphatic carbocycles. The number of pyridine rings is 1. The van der Waals surface area contributed by atoms with Gasteiger partial charge in [0, 0.05) is 24.0 Å². The smallest absolute Gasteiger partial charge is 0.252 e. The summed E-state index contributed by atoms with van der Waals surface area (Å²) >= 11 is 0. The first-order chi connectivity index (χ1) is 11.1. The Kier molecular flexibility index (Phi) is 3.82. The van der Waals surface area contributed by atoms with Gasteiger partial charge >= 0.3 is 0 Å². The zero-order valence-electron chi connectivity index (χ0n) is 12.9. The van der Waals surface area contributed by atoms with Gasteiger partial charge < -0.3 is 9.72 Å². The maximum Gasteiger partial charge on any atom is 0.252 e. The van der Waals surface area contributed by atoms with Crippen LogP contribution in [0, 0.1) is 11.3 Å². The summed E-state index contributed by atoms with van der Waals surface area (Å²) in [4.78, 5) is 16.6. The molecule has 1 N–H and O–H groups in total. The topological polar surface area (TPSA) is 70.2 Å². The highest BCUT2D eigenvalue weighted by atomic mass is 16.1. The Morgan fingerprint density at radius 2 is 2.09 bits per heavy atom. The Bertz CT molecular complexity index is 918. The van der Waals surface area contributed by atoms with Gasteiger partial charge in [0.2, 0.25) is 0 Å². The molecule has 114 valence electrons. The Hall–Kier alpha value is -3.13. The molecule has 3 rings (SSSR count). The molecular weight excluding hydrogens is 288 g/mol. The molecular formula is C18H16N4O. The van der Waals surface area contributed by atoms with Crippen molar-refractivity contribution in [2.45, 2.75) is 19.9 Å². The average Bonchev–Trinajstić information content (AvgIpc) is 2.97. The van der Waals surface area contributed by atoms with Gasteiger partial charge in [0.05, 0.1) is 22.9 Å². The number of rotatable bonds is 3. The lowest BCUT2D eigenvalue weighted by atomic mass is 10.1. The normalized spacial score (nSPS) is 10.7.